The lowest BCUT2D eigenvalue weighted by Crippen LogP contribution is -2.39. The van der Waals surface area contributed by atoms with Gasteiger partial charge in [-0.25, -0.2) is 4.68 Å². The van der Waals surface area contributed by atoms with Crippen molar-refractivity contribution in [3.8, 4) is 5.69 Å². The molecule has 1 N–H and O–H groups in total. The third-order valence-corrected chi connectivity index (χ3v) is 5.67. The minimum absolute atomic E-state index is 0.0538. The molecule has 5 nitrogen and oxygen atoms in total. The normalized spacial score (nSPS) is 12.8. The van der Waals surface area contributed by atoms with Crippen molar-refractivity contribution >= 4 is 23.2 Å². The lowest BCUT2D eigenvalue weighted by molar-refractivity contribution is -0.137. The van der Waals surface area contributed by atoms with E-state index in [0.717, 1.165) is 34.8 Å². The number of rotatable bonds is 6. The highest BCUT2D eigenvalue weighted by molar-refractivity contribution is 6.30. The van der Waals surface area contributed by atoms with E-state index in [4.69, 9.17) is 11.6 Å². The van der Waals surface area contributed by atoms with Gasteiger partial charge in [0, 0.05) is 22.8 Å². The van der Waals surface area contributed by atoms with E-state index in [-0.39, 0.29) is 10.7 Å². The van der Waals surface area contributed by atoms with Crippen LogP contribution >= 0.6 is 11.6 Å². The smallest absolute Gasteiger partial charge is 0.324 e. The number of aromatic nitrogens is 2. The fourth-order valence-corrected chi connectivity index (χ4v) is 3.58. The molecule has 0 bridgehead atoms. The largest absolute Gasteiger partial charge is 0.418 e. The van der Waals surface area contributed by atoms with Gasteiger partial charge >= 0.3 is 6.18 Å². The van der Waals surface area contributed by atoms with Crippen LogP contribution in [0.25, 0.3) is 5.69 Å². The molecule has 0 aliphatic rings. The van der Waals surface area contributed by atoms with E-state index in [9.17, 15) is 18.0 Å². The van der Waals surface area contributed by atoms with Crippen molar-refractivity contribution in [2.45, 2.75) is 39.5 Å². The number of hydrogen-bond donors (Lipinski definition) is 1. The van der Waals surface area contributed by atoms with Gasteiger partial charge in [-0.2, -0.15) is 18.3 Å². The van der Waals surface area contributed by atoms with Gasteiger partial charge in [0.05, 0.1) is 28.7 Å². The van der Waals surface area contributed by atoms with Crippen LogP contribution in [0, 0.1) is 13.8 Å². The maximum absolute atomic E-state index is 13.3. The molecule has 170 valence electrons. The van der Waals surface area contributed by atoms with Crippen molar-refractivity contribution in [2.24, 2.45) is 0 Å². The van der Waals surface area contributed by atoms with Crippen molar-refractivity contribution in [1.29, 1.82) is 0 Å². The van der Waals surface area contributed by atoms with Crippen LogP contribution in [-0.2, 0) is 17.5 Å². The Hall–Kier alpha value is -2.84. The molecule has 0 saturated heterocycles. The minimum Gasteiger partial charge on any atom is -0.324 e. The number of nitrogens with zero attached hydrogens (tertiary/aromatic N) is 3. The number of amides is 1. The molecule has 1 amide bonds. The summed E-state index contributed by atoms with van der Waals surface area (Å²) in [4.78, 5) is 14.5. The van der Waals surface area contributed by atoms with Crippen molar-refractivity contribution in [1.82, 2.24) is 14.7 Å². The fraction of sp³-hybridized carbons (Fsp3) is 0.304. The van der Waals surface area contributed by atoms with Crippen LogP contribution in [0.2, 0.25) is 5.02 Å². The SMILES string of the molecule is Cc1nn(-c2ccccc2)c(C)c1CN(C)C(C)C(=O)Nc1ccc(Cl)cc1C(F)(F)F. The van der Waals surface area contributed by atoms with E-state index >= 15 is 0 Å². The van der Waals surface area contributed by atoms with Gasteiger partial charge < -0.3 is 5.32 Å². The standard InChI is InChI=1S/C23H24ClF3N4O/c1-14-19(15(2)31(29-14)18-8-6-5-7-9-18)13-30(4)16(3)22(32)28-21-11-10-17(24)12-20(21)23(25,26)27/h5-12,16H,13H2,1-4H3,(H,28,32). The maximum atomic E-state index is 13.3. The molecule has 0 saturated carbocycles. The number of carbonyl (C=O) groups is 1. The monoisotopic (exact) mass is 464 g/mol. The van der Waals surface area contributed by atoms with Crippen molar-refractivity contribution < 1.29 is 18.0 Å². The third kappa shape index (κ3) is 5.14. The molecule has 1 atom stereocenters. The van der Waals surface area contributed by atoms with Gasteiger partial charge in [-0.05, 0) is 58.2 Å². The van der Waals surface area contributed by atoms with Crippen LogP contribution in [0.15, 0.2) is 48.5 Å². The zero-order valence-electron chi connectivity index (χ0n) is 18.2. The molecule has 0 spiro atoms. The first-order valence-electron chi connectivity index (χ1n) is 9.97. The van der Waals surface area contributed by atoms with E-state index in [1.165, 1.54) is 6.07 Å². The van der Waals surface area contributed by atoms with Gasteiger partial charge in [-0.1, -0.05) is 29.8 Å². The number of anilines is 1. The molecule has 9 heteroatoms. The average Bonchev–Trinajstić information content (AvgIpc) is 3.02. The van der Waals surface area contributed by atoms with E-state index in [2.05, 4.69) is 10.4 Å². The van der Waals surface area contributed by atoms with Gasteiger partial charge in [0.15, 0.2) is 0 Å². The number of para-hydroxylation sites is 1. The Morgan fingerprint density at radius 2 is 1.84 bits per heavy atom. The summed E-state index contributed by atoms with van der Waals surface area (Å²) in [6.45, 7) is 5.89. The Morgan fingerprint density at radius 3 is 2.47 bits per heavy atom. The second-order valence-corrected chi connectivity index (χ2v) is 8.10. The number of aryl methyl sites for hydroxylation is 1. The number of hydrogen-bond acceptors (Lipinski definition) is 3. The molecule has 3 rings (SSSR count). The molecule has 32 heavy (non-hydrogen) atoms. The van der Waals surface area contributed by atoms with Crippen molar-refractivity contribution in [3.05, 3.63) is 76.1 Å². The Labute approximate surface area is 189 Å². The molecule has 1 unspecified atom stereocenters. The first-order valence-corrected chi connectivity index (χ1v) is 10.3. The highest BCUT2D eigenvalue weighted by atomic mass is 35.5. The highest BCUT2D eigenvalue weighted by Gasteiger charge is 2.34. The number of halogens is 4. The second kappa shape index (κ2) is 9.34. The first kappa shape index (κ1) is 23.8. The molecule has 3 aromatic rings. The summed E-state index contributed by atoms with van der Waals surface area (Å²) < 4.78 is 41.8. The average molecular weight is 465 g/mol. The van der Waals surface area contributed by atoms with Gasteiger partial charge in [0.25, 0.3) is 0 Å². The van der Waals surface area contributed by atoms with Crippen LogP contribution in [0.1, 0.15) is 29.4 Å². The second-order valence-electron chi connectivity index (χ2n) is 7.66. The Kier molecular flexibility index (Phi) is 6.95. The molecule has 1 heterocycles. The van der Waals surface area contributed by atoms with E-state index in [0.29, 0.717) is 6.54 Å². The summed E-state index contributed by atoms with van der Waals surface area (Å²) in [5, 5.41) is 6.94. The van der Waals surface area contributed by atoms with Crippen molar-refractivity contribution in [3.63, 3.8) is 0 Å². The van der Waals surface area contributed by atoms with Crippen LogP contribution in [0.4, 0.5) is 18.9 Å². The number of likely N-dealkylation sites (N-methyl/N-ethyl adjacent to an activating group) is 1. The van der Waals surface area contributed by atoms with E-state index in [1.54, 1.807) is 18.9 Å². The third-order valence-electron chi connectivity index (χ3n) is 5.43. The van der Waals surface area contributed by atoms with Gasteiger partial charge in [0.1, 0.15) is 0 Å². The Bertz CT molecular complexity index is 1110. The molecule has 1 aromatic heterocycles. The number of nitrogens with one attached hydrogen (secondary N) is 1. The summed E-state index contributed by atoms with van der Waals surface area (Å²) in [5.74, 6) is -0.550. The summed E-state index contributed by atoms with van der Waals surface area (Å²) >= 11 is 5.71. The first-order chi connectivity index (χ1) is 15.0. The van der Waals surface area contributed by atoms with Crippen molar-refractivity contribution in [2.75, 3.05) is 12.4 Å². The van der Waals surface area contributed by atoms with Crippen LogP contribution in [-0.4, -0.2) is 33.7 Å². The molecule has 0 fully saturated rings. The summed E-state index contributed by atoms with van der Waals surface area (Å²) in [5.41, 5.74) is 2.34. The quantitative estimate of drug-likeness (QED) is 0.515. The summed E-state index contributed by atoms with van der Waals surface area (Å²) in [7, 11) is 1.75. The molecule has 0 aliphatic carbocycles. The van der Waals surface area contributed by atoms with Crippen LogP contribution in [0.3, 0.4) is 0 Å². The van der Waals surface area contributed by atoms with E-state index < -0.39 is 23.7 Å². The van der Waals surface area contributed by atoms with Gasteiger partial charge in [-0.15, -0.1) is 0 Å². The maximum Gasteiger partial charge on any atom is 0.418 e. The number of alkyl halides is 3. The summed E-state index contributed by atoms with van der Waals surface area (Å²) in [6, 6.07) is 12.3. The molecular weight excluding hydrogens is 441 g/mol. The highest BCUT2D eigenvalue weighted by Crippen LogP contribution is 2.36. The molecule has 2 aromatic carbocycles. The molecule has 0 aliphatic heterocycles. The molecular formula is C23H24ClF3N4O. The van der Waals surface area contributed by atoms with E-state index in [1.807, 2.05) is 48.9 Å². The van der Waals surface area contributed by atoms with Crippen LogP contribution in [0.5, 0.6) is 0 Å². The lowest BCUT2D eigenvalue weighted by Gasteiger charge is -2.25. The topological polar surface area (TPSA) is 50.2 Å². The predicted octanol–water partition coefficient (Wildman–Crippen LogP) is 5.62. The predicted molar refractivity (Wildman–Crippen MR) is 119 cm³/mol. The lowest BCUT2D eigenvalue weighted by atomic mass is 10.1. The van der Waals surface area contributed by atoms with Crippen LogP contribution < -0.4 is 5.32 Å². The zero-order valence-corrected chi connectivity index (χ0v) is 18.9. The minimum atomic E-state index is -4.64. The fourth-order valence-electron chi connectivity index (χ4n) is 3.41. The molecule has 0 radical (unpaired) electrons. The van der Waals surface area contributed by atoms with Gasteiger partial charge in [-0.3, -0.25) is 9.69 Å². The number of benzene rings is 2. The summed E-state index contributed by atoms with van der Waals surface area (Å²) in [6.07, 6.45) is -4.64. The van der Waals surface area contributed by atoms with Gasteiger partial charge in [0.2, 0.25) is 5.91 Å². The zero-order chi connectivity index (χ0) is 23.6. The Morgan fingerprint density at radius 1 is 1.19 bits per heavy atom. The number of carbonyl (C=O) groups excluding carboxylic acids is 1. The Balaban J connectivity index is 1.77.